The second-order valence-corrected chi connectivity index (χ2v) is 11.2. The molecule has 0 aliphatic heterocycles. The number of fused-ring (bicyclic) bond motifs is 6. The summed E-state index contributed by atoms with van der Waals surface area (Å²) in [4.78, 5) is 20.9. The Morgan fingerprint density at radius 3 is 1.40 bits per heavy atom. The number of rotatable bonds is 3. The van der Waals surface area contributed by atoms with E-state index in [1.54, 1.807) is 12.1 Å². The molecule has 4 heteroatoms. The summed E-state index contributed by atoms with van der Waals surface area (Å²) in [7, 11) is 0. The van der Waals surface area contributed by atoms with Crippen molar-refractivity contribution >= 4 is 50.3 Å². The molecule has 0 radical (unpaired) electrons. The highest BCUT2D eigenvalue weighted by atomic mass is 79.9. The van der Waals surface area contributed by atoms with Crippen LogP contribution in [0.2, 0.25) is 0 Å². The molecule has 0 saturated heterocycles. The molecule has 0 unspecified atom stereocenters. The van der Waals surface area contributed by atoms with Crippen molar-refractivity contribution in [3.8, 4) is 16.8 Å². The zero-order valence-corrected chi connectivity index (χ0v) is 24.9. The second kappa shape index (κ2) is 12.8. The summed E-state index contributed by atoms with van der Waals surface area (Å²) in [5.41, 5.74) is 10.6. The largest absolute Gasteiger partial charge is 0.309 e. The summed E-state index contributed by atoms with van der Waals surface area (Å²) >= 11 is 3.26. The van der Waals surface area contributed by atoms with Gasteiger partial charge in [0.2, 0.25) is 0 Å². The molecule has 6 aromatic carbocycles. The van der Waals surface area contributed by atoms with Crippen molar-refractivity contribution in [2.24, 2.45) is 0 Å². The van der Waals surface area contributed by atoms with Crippen LogP contribution in [0.15, 0.2) is 150 Å². The number of halogens is 1. The van der Waals surface area contributed by atoms with Gasteiger partial charge in [0.25, 0.3) is 0 Å². The average molecular weight is 623 g/mol. The van der Waals surface area contributed by atoms with Crippen molar-refractivity contribution in [2.75, 3.05) is 0 Å². The molecule has 1 aliphatic rings. The van der Waals surface area contributed by atoms with E-state index in [0.717, 1.165) is 29.2 Å². The average Bonchev–Trinajstić information content (AvgIpc) is 3.62. The van der Waals surface area contributed by atoms with Crippen molar-refractivity contribution in [3.05, 3.63) is 172 Å². The maximum Gasteiger partial charge on any atom is 0.150 e. The van der Waals surface area contributed by atoms with Gasteiger partial charge in [-0.3, -0.25) is 9.59 Å². The van der Waals surface area contributed by atoms with Crippen molar-refractivity contribution in [1.29, 1.82) is 0 Å². The van der Waals surface area contributed by atoms with Crippen LogP contribution in [0, 0.1) is 0 Å². The van der Waals surface area contributed by atoms with Crippen LogP contribution < -0.4 is 0 Å². The van der Waals surface area contributed by atoms with Gasteiger partial charge < -0.3 is 4.57 Å². The molecule has 0 atom stereocenters. The highest BCUT2D eigenvalue weighted by molar-refractivity contribution is 9.10. The topological polar surface area (TPSA) is 39.1 Å². The quantitative estimate of drug-likeness (QED) is 0.184. The maximum absolute atomic E-state index is 10.8. The van der Waals surface area contributed by atoms with E-state index in [2.05, 4.69) is 118 Å². The van der Waals surface area contributed by atoms with E-state index in [-0.39, 0.29) is 0 Å². The smallest absolute Gasteiger partial charge is 0.150 e. The Morgan fingerprint density at radius 1 is 0.488 bits per heavy atom. The molecule has 0 N–H and O–H groups in total. The molecule has 0 bridgehead atoms. The van der Waals surface area contributed by atoms with E-state index in [4.69, 9.17) is 0 Å². The first kappa shape index (κ1) is 28.1. The van der Waals surface area contributed by atoms with Crippen LogP contribution in [0.3, 0.4) is 0 Å². The minimum Gasteiger partial charge on any atom is -0.309 e. The van der Waals surface area contributed by atoms with E-state index < -0.39 is 0 Å². The lowest BCUT2D eigenvalue weighted by atomic mass is 10.1. The standard InChI is InChI=1S/C19H13NO.C13H10.C7H5BrO/c21-13-14-9-11-15(12-10-14)20-18-7-3-1-5-16(18)17-6-2-4-8-19(17)20;1-3-7-12-10(5-1)9-11-6-2-4-8-13(11)12;8-7-3-1-6(5-9)2-4-7/h1-13H;1-8H,9H2;1-5H. The lowest BCUT2D eigenvalue weighted by Crippen LogP contribution is -1.93. The Morgan fingerprint density at radius 2 is 0.907 bits per heavy atom. The van der Waals surface area contributed by atoms with E-state index in [9.17, 15) is 9.59 Å². The SMILES string of the molecule is O=Cc1ccc(-n2c3ccccc3c3ccccc32)cc1.O=Cc1ccc(Br)cc1.c1ccc2c(c1)Cc1ccccc1-2. The third-order valence-corrected chi connectivity index (χ3v) is 8.11. The summed E-state index contributed by atoms with van der Waals surface area (Å²) in [6.45, 7) is 0. The van der Waals surface area contributed by atoms with Crippen molar-refractivity contribution in [2.45, 2.75) is 6.42 Å². The molecule has 3 nitrogen and oxygen atoms in total. The number of aromatic nitrogens is 1. The fourth-order valence-electron chi connectivity index (χ4n) is 5.52. The number of para-hydroxylation sites is 2. The zero-order chi connectivity index (χ0) is 29.6. The summed E-state index contributed by atoms with van der Waals surface area (Å²) in [5, 5.41) is 2.49. The minimum absolute atomic E-state index is 0.694. The number of benzene rings is 6. The number of aldehydes is 2. The molecular weight excluding hydrogens is 594 g/mol. The van der Waals surface area contributed by atoms with Gasteiger partial charge in [0, 0.05) is 32.1 Å². The highest BCUT2D eigenvalue weighted by Crippen LogP contribution is 2.35. The minimum atomic E-state index is 0.694. The van der Waals surface area contributed by atoms with Gasteiger partial charge in [-0.05, 0) is 77.2 Å². The Hall–Kier alpha value is -5.06. The Kier molecular flexibility index (Phi) is 8.39. The van der Waals surface area contributed by atoms with Crippen LogP contribution in [-0.4, -0.2) is 17.1 Å². The summed E-state index contributed by atoms with van der Waals surface area (Å²) in [5.74, 6) is 0. The van der Waals surface area contributed by atoms with Crippen LogP contribution in [0.4, 0.5) is 0 Å². The number of hydrogen-bond donors (Lipinski definition) is 0. The maximum atomic E-state index is 10.8. The van der Waals surface area contributed by atoms with E-state index in [1.165, 1.54) is 44.1 Å². The molecule has 0 fully saturated rings. The summed E-state index contributed by atoms with van der Waals surface area (Å²) in [6, 6.07) is 49.0. The lowest BCUT2D eigenvalue weighted by molar-refractivity contribution is 0.111. The predicted molar refractivity (Wildman–Crippen MR) is 180 cm³/mol. The highest BCUT2D eigenvalue weighted by Gasteiger charge is 2.16. The monoisotopic (exact) mass is 621 g/mol. The number of nitrogens with zero attached hydrogens (tertiary/aromatic N) is 1. The van der Waals surface area contributed by atoms with Crippen molar-refractivity contribution in [3.63, 3.8) is 0 Å². The van der Waals surface area contributed by atoms with Gasteiger partial charge in [-0.2, -0.15) is 0 Å². The van der Waals surface area contributed by atoms with Gasteiger partial charge in [0.1, 0.15) is 12.6 Å². The molecule has 208 valence electrons. The van der Waals surface area contributed by atoms with Crippen molar-refractivity contribution < 1.29 is 9.59 Å². The molecule has 1 aromatic heterocycles. The first-order valence-electron chi connectivity index (χ1n) is 14.1. The van der Waals surface area contributed by atoms with Gasteiger partial charge in [-0.15, -0.1) is 0 Å². The summed E-state index contributed by atoms with van der Waals surface area (Å²) in [6.07, 6.45) is 2.80. The lowest BCUT2D eigenvalue weighted by Gasteiger charge is -2.07. The van der Waals surface area contributed by atoms with Crippen LogP contribution in [0.5, 0.6) is 0 Å². The van der Waals surface area contributed by atoms with E-state index in [1.807, 2.05) is 36.4 Å². The van der Waals surface area contributed by atoms with Gasteiger partial charge in [-0.1, -0.05) is 113 Å². The molecule has 8 rings (SSSR count). The first-order valence-corrected chi connectivity index (χ1v) is 14.9. The Balaban J connectivity index is 0.000000127. The van der Waals surface area contributed by atoms with Crippen LogP contribution in [0.25, 0.3) is 38.6 Å². The normalized spacial score (nSPS) is 11.0. The van der Waals surface area contributed by atoms with Gasteiger partial charge in [0.05, 0.1) is 11.0 Å². The molecule has 1 aliphatic carbocycles. The zero-order valence-electron chi connectivity index (χ0n) is 23.4. The molecule has 0 amide bonds. The molecule has 43 heavy (non-hydrogen) atoms. The molecule has 1 heterocycles. The summed E-state index contributed by atoms with van der Waals surface area (Å²) < 4.78 is 3.23. The van der Waals surface area contributed by atoms with E-state index in [0.29, 0.717) is 11.1 Å². The van der Waals surface area contributed by atoms with Crippen LogP contribution in [-0.2, 0) is 6.42 Å². The fourth-order valence-corrected chi connectivity index (χ4v) is 5.79. The predicted octanol–water partition coefficient (Wildman–Crippen LogP) is 10.1. The van der Waals surface area contributed by atoms with Gasteiger partial charge >= 0.3 is 0 Å². The first-order chi connectivity index (χ1) is 21.2. The third-order valence-electron chi connectivity index (χ3n) is 7.58. The number of carbonyl (C=O) groups excluding carboxylic acids is 2. The van der Waals surface area contributed by atoms with Crippen LogP contribution in [0.1, 0.15) is 31.8 Å². The van der Waals surface area contributed by atoms with Crippen molar-refractivity contribution in [1.82, 2.24) is 4.57 Å². The molecular formula is C39H28BrNO2. The second-order valence-electron chi connectivity index (χ2n) is 10.2. The van der Waals surface area contributed by atoms with Gasteiger partial charge in [0.15, 0.2) is 0 Å². The fraction of sp³-hybridized carbons (Fsp3) is 0.0256. The van der Waals surface area contributed by atoms with Crippen LogP contribution >= 0.6 is 15.9 Å². The number of hydrogen-bond acceptors (Lipinski definition) is 2. The van der Waals surface area contributed by atoms with E-state index >= 15 is 0 Å². The molecule has 0 saturated carbocycles. The Labute approximate surface area is 259 Å². The Bertz CT molecular complexity index is 1940. The number of carbonyl (C=O) groups is 2. The third kappa shape index (κ3) is 5.97. The molecule has 0 spiro atoms. The van der Waals surface area contributed by atoms with Gasteiger partial charge in [-0.25, -0.2) is 0 Å². The molecule has 7 aromatic rings.